The zero-order valence-corrected chi connectivity index (χ0v) is 15.8. The maximum Gasteiger partial charge on any atom is 0.314 e. The highest BCUT2D eigenvalue weighted by atomic mass is 16.5. The molecule has 2 fully saturated rings. The van der Waals surface area contributed by atoms with Gasteiger partial charge in [-0.3, -0.25) is 4.79 Å². The Morgan fingerprint density at radius 2 is 2.11 bits per heavy atom. The molecule has 2 heterocycles. The number of piperidine rings is 1. The van der Waals surface area contributed by atoms with E-state index in [0.717, 1.165) is 40.9 Å². The number of rotatable bonds is 5. The van der Waals surface area contributed by atoms with Crippen LogP contribution in [0.25, 0.3) is 10.9 Å². The van der Waals surface area contributed by atoms with Gasteiger partial charge in [-0.1, -0.05) is 12.8 Å². The lowest BCUT2D eigenvalue weighted by molar-refractivity contribution is -0.158. The van der Waals surface area contributed by atoms with Gasteiger partial charge in [-0.25, -0.2) is 4.98 Å². The van der Waals surface area contributed by atoms with Crippen molar-refractivity contribution in [3.63, 3.8) is 0 Å². The molecule has 0 radical (unpaired) electrons. The molecule has 0 spiro atoms. The summed E-state index contributed by atoms with van der Waals surface area (Å²) in [5.74, 6) is 1.04. The fourth-order valence-electron chi connectivity index (χ4n) is 4.26. The van der Waals surface area contributed by atoms with E-state index in [-0.39, 0.29) is 0 Å². The van der Waals surface area contributed by atoms with Gasteiger partial charge in [-0.05, 0) is 49.4 Å². The van der Waals surface area contributed by atoms with E-state index >= 15 is 0 Å². The predicted molar refractivity (Wildman–Crippen MR) is 103 cm³/mol. The van der Waals surface area contributed by atoms with Gasteiger partial charge < -0.3 is 19.8 Å². The van der Waals surface area contributed by atoms with E-state index in [1.165, 1.54) is 0 Å². The van der Waals surface area contributed by atoms with E-state index in [2.05, 4.69) is 0 Å². The maximum atomic E-state index is 12.2. The number of hydrogen-bond acceptors (Lipinski definition) is 5. The summed E-state index contributed by atoms with van der Waals surface area (Å²) in [6.07, 6.45) is 2.30. The molecule has 1 aliphatic heterocycles. The first-order valence-electron chi connectivity index (χ1n) is 9.55. The van der Waals surface area contributed by atoms with Crippen molar-refractivity contribution < 1.29 is 19.7 Å². The van der Waals surface area contributed by atoms with E-state index in [0.29, 0.717) is 31.8 Å². The number of fused-ring (bicyclic) bond motifs is 1. The fourth-order valence-corrected chi connectivity index (χ4v) is 4.26. The second kappa shape index (κ2) is 6.68. The van der Waals surface area contributed by atoms with Crippen LogP contribution in [-0.2, 0) is 4.79 Å². The minimum Gasteiger partial charge on any atom is -0.497 e. The molecule has 4 rings (SSSR count). The van der Waals surface area contributed by atoms with Crippen molar-refractivity contribution in [2.24, 2.45) is 11.3 Å². The maximum absolute atomic E-state index is 12.2. The van der Waals surface area contributed by atoms with E-state index in [9.17, 15) is 15.0 Å². The number of anilines is 1. The lowest BCUT2D eigenvalue weighted by Gasteiger charge is -2.44. The van der Waals surface area contributed by atoms with Gasteiger partial charge in [-0.15, -0.1) is 0 Å². The van der Waals surface area contributed by atoms with Crippen molar-refractivity contribution in [1.82, 2.24) is 4.98 Å². The van der Waals surface area contributed by atoms with Gasteiger partial charge in [0.2, 0.25) is 0 Å². The highest BCUT2D eigenvalue weighted by Gasteiger charge is 2.52. The smallest absolute Gasteiger partial charge is 0.314 e. The lowest BCUT2D eigenvalue weighted by Crippen LogP contribution is -2.56. The molecule has 2 N–H and O–H groups in total. The van der Waals surface area contributed by atoms with Crippen LogP contribution in [0.2, 0.25) is 0 Å². The van der Waals surface area contributed by atoms with Crippen LogP contribution in [0.1, 0.15) is 31.2 Å². The van der Waals surface area contributed by atoms with Crippen molar-refractivity contribution in [3.05, 3.63) is 29.8 Å². The minimum atomic E-state index is -1.11. The molecule has 0 amide bonds. The van der Waals surface area contributed by atoms with Gasteiger partial charge in [-0.2, -0.15) is 0 Å². The number of aromatic nitrogens is 1. The van der Waals surface area contributed by atoms with Crippen LogP contribution < -0.4 is 9.64 Å². The highest BCUT2D eigenvalue weighted by Crippen LogP contribution is 2.45. The third-order valence-electron chi connectivity index (χ3n) is 6.09. The van der Waals surface area contributed by atoms with Gasteiger partial charge in [0, 0.05) is 24.5 Å². The average Bonchev–Trinajstić information content (AvgIpc) is 3.46. The standard InChI is InChI=1S/C21H26N2O4/c1-13-9-19(22-17-10-15(27-2)5-6-16(13)17)23-8-7-18(24)21(12-23,20(25)26)11-14-3-4-14/h5-6,9-10,14,18,24H,3-4,7-8,11-12H2,1-2H3,(H,25,26)/t18-,21-/m0/s1. The molecule has 6 nitrogen and oxygen atoms in total. The number of aliphatic hydroxyl groups excluding tert-OH is 1. The van der Waals surface area contributed by atoms with Crippen LogP contribution in [0.3, 0.4) is 0 Å². The van der Waals surface area contributed by atoms with Crippen LogP contribution in [0.5, 0.6) is 5.75 Å². The number of carbonyl (C=O) groups is 1. The number of hydrogen-bond donors (Lipinski definition) is 2. The summed E-state index contributed by atoms with van der Waals surface area (Å²) in [5.41, 5.74) is 0.809. The van der Waals surface area contributed by atoms with Crippen LogP contribution in [0, 0.1) is 18.3 Å². The second-order valence-corrected chi connectivity index (χ2v) is 8.02. The normalized spacial score (nSPS) is 25.6. The molecule has 2 aromatic rings. The van der Waals surface area contributed by atoms with E-state index < -0.39 is 17.5 Å². The first-order chi connectivity index (χ1) is 12.9. The molecule has 2 aliphatic rings. The summed E-state index contributed by atoms with van der Waals surface area (Å²) in [4.78, 5) is 19.0. The lowest BCUT2D eigenvalue weighted by atomic mass is 9.73. The predicted octanol–water partition coefficient (Wildman–Crippen LogP) is 2.99. The van der Waals surface area contributed by atoms with Crippen LogP contribution >= 0.6 is 0 Å². The number of aliphatic hydroxyl groups is 1. The first-order valence-corrected chi connectivity index (χ1v) is 9.55. The Bertz CT molecular complexity index is 880. The molecule has 2 atom stereocenters. The summed E-state index contributed by atoms with van der Waals surface area (Å²) in [6, 6.07) is 7.82. The molecule has 1 aliphatic carbocycles. The Labute approximate surface area is 158 Å². The zero-order chi connectivity index (χ0) is 19.2. The summed E-state index contributed by atoms with van der Waals surface area (Å²) < 4.78 is 5.31. The summed E-state index contributed by atoms with van der Waals surface area (Å²) in [5, 5.41) is 21.6. The Balaban J connectivity index is 1.70. The first kappa shape index (κ1) is 18.0. The molecule has 0 bridgehead atoms. The number of aliphatic carboxylic acids is 1. The zero-order valence-electron chi connectivity index (χ0n) is 15.8. The summed E-state index contributed by atoms with van der Waals surface area (Å²) >= 11 is 0. The number of aryl methyl sites for hydroxylation is 1. The molecule has 6 heteroatoms. The van der Waals surface area contributed by atoms with Crippen molar-refractivity contribution in [3.8, 4) is 5.75 Å². The van der Waals surface area contributed by atoms with Gasteiger partial charge >= 0.3 is 5.97 Å². The Kier molecular flexibility index (Phi) is 4.46. The van der Waals surface area contributed by atoms with Gasteiger partial charge in [0.25, 0.3) is 0 Å². The number of benzene rings is 1. The SMILES string of the molecule is COc1ccc2c(C)cc(N3CC[C@H](O)[C@@](CC4CC4)(C(=O)O)C3)nc2c1. The number of methoxy groups -OCH3 is 1. The van der Waals surface area contributed by atoms with Crippen LogP contribution in [0.15, 0.2) is 24.3 Å². The van der Waals surface area contributed by atoms with Crippen LogP contribution in [-0.4, -0.2) is 47.5 Å². The Morgan fingerprint density at radius 3 is 2.78 bits per heavy atom. The molecule has 1 saturated heterocycles. The van der Waals surface area contributed by atoms with Gasteiger partial charge in [0.1, 0.15) is 17.0 Å². The molecular weight excluding hydrogens is 344 g/mol. The molecular formula is C21H26N2O4. The quantitative estimate of drug-likeness (QED) is 0.842. The fraction of sp³-hybridized carbons (Fsp3) is 0.524. The largest absolute Gasteiger partial charge is 0.497 e. The molecule has 1 aromatic carbocycles. The Hall–Kier alpha value is -2.34. The number of ether oxygens (including phenoxy) is 1. The number of carboxylic acid groups (broad SMARTS) is 1. The average molecular weight is 370 g/mol. The second-order valence-electron chi connectivity index (χ2n) is 8.02. The molecule has 0 unspecified atom stereocenters. The van der Waals surface area contributed by atoms with E-state index in [4.69, 9.17) is 9.72 Å². The number of nitrogens with zero attached hydrogens (tertiary/aromatic N) is 2. The van der Waals surface area contributed by atoms with E-state index in [1.807, 2.05) is 36.1 Å². The van der Waals surface area contributed by atoms with Crippen molar-refractivity contribution in [2.75, 3.05) is 25.1 Å². The highest BCUT2D eigenvalue weighted by molar-refractivity contribution is 5.85. The third-order valence-corrected chi connectivity index (χ3v) is 6.09. The molecule has 1 saturated carbocycles. The molecule has 1 aromatic heterocycles. The van der Waals surface area contributed by atoms with Crippen molar-refractivity contribution in [1.29, 1.82) is 0 Å². The van der Waals surface area contributed by atoms with Crippen LogP contribution in [0.4, 0.5) is 5.82 Å². The van der Waals surface area contributed by atoms with Gasteiger partial charge in [0.15, 0.2) is 0 Å². The topological polar surface area (TPSA) is 82.9 Å². The van der Waals surface area contributed by atoms with Crippen molar-refractivity contribution >= 4 is 22.7 Å². The summed E-state index contributed by atoms with van der Waals surface area (Å²) in [7, 11) is 1.63. The molecule has 144 valence electrons. The van der Waals surface area contributed by atoms with E-state index in [1.54, 1.807) is 7.11 Å². The van der Waals surface area contributed by atoms with Gasteiger partial charge in [0.05, 0.1) is 18.7 Å². The van der Waals surface area contributed by atoms with Crippen molar-refractivity contribution in [2.45, 2.75) is 38.7 Å². The summed E-state index contributed by atoms with van der Waals surface area (Å²) in [6.45, 7) is 2.93. The Morgan fingerprint density at radius 1 is 1.33 bits per heavy atom. The minimum absolute atomic E-state index is 0.294. The number of carboxylic acids is 1. The molecule has 27 heavy (non-hydrogen) atoms. The number of pyridine rings is 1. The third kappa shape index (κ3) is 3.23. The monoisotopic (exact) mass is 370 g/mol.